The van der Waals surface area contributed by atoms with Crippen LogP contribution < -0.4 is 15.0 Å². The second-order valence-corrected chi connectivity index (χ2v) is 21.5. The highest BCUT2D eigenvalue weighted by Gasteiger charge is 2.52. The summed E-state index contributed by atoms with van der Waals surface area (Å²) in [5, 5.41) is 20.2. The first-order chi connectivity index (χ1) is 34.7. The molecule has 5 saturated heterocycles. The molecule has 72 heavy (non-hydrogen) atoms. The summed E-state index contributed by atoms with van der Waals surface area (Å²) in [7, 11) is 1.85. The summed E-state index contributed by atoms with van der Waals surface area (Å²) in [6.07, 6.45) is 8.65. The average Bonchev–Trinajstić information content (AvgIpc) is 4.05. The normalized spacial score (nSPS) is 24.8. The highest BCUT2D eigenvalue weighted by Crippen LogP contribution is 2.49. The number of hydrogen-bond donors (Lipinski definition) is 2. The molecule has 3 aromatic heterocycles. The number of phenolic OH excluding ortho intramolecular Hbond substituents is 1. The number of carbonyl (C=O) groups excluding carboxylic acids is 2. The number of aromatic nitrogens is 5. The van der Waals surface area contributed by atoms with Gasteiger partial charge in [-0.15, -0.1) is 0 Å². The summed E-state index contributed by atoms with van der Waals surface area (Å²) in [4.78, 5) is 44.5. The minimum absolute atomic E-state index is 0.0224. The lowest BCUT2D eigenvalue weighted by Crippen LogP contribution is -2.60. The van der Waals surface area contributed by atoms with E-state index in [2.05, 4.69) is 37.4 Å². The summed E-state index contributed by atoms with van der Waals surface area (Å²) in [5.74, 6) is -4.63. The van der Waals surface area contributed by atoms with E-state index in [9.17, 15) is 14.7 Å². The van der Waals surface area contributed by atoms with Gasteiger partial charge in [0.25, 0.3) is 5.92 Å². The highest BCUT2D eigenvalue weighted by atomic mass is 19.3. The van der Waals surface area contributed by atoms with Crippen molar-refractivity contribution in [2.45, 2.75) is 107 Å². The fourth-order valence-electron chi connectivity index (χ4n) is 12.7. The van der Waals surface area contributed by atoms with Crippen LogP contribution in [0.4, 0.5) is 23.4 Å². The molecule has 8 heterocycles. The van der Waals surface area contributed by atoms with Gasteiger partial charge in [-0.25, -0.2) is 17.6 Å². The number of alkyl halides is 2. The first kappa shape index (κ1) is 47.1. The molecule has 14 nitrogen and oxygen atoms in total. The number of pyridine rings is 1. The third-order valence-corrected chi connectivity index (χ3v) is 16.8. The van der Waals surface area contributed by atoms with Gasteiger partial charge in [-0.1, -0.05) is 25.1 Å². The Hall–Kier alpha value is -5.98. The number of amides is 2. The second-order valence-electron chi connectivity index (χ2n) is 21.5. The van der Waals surface area contributed by atoms with Gasteiger partial charge in [0.2, 0.25) is 11.8 Å². The zero-order chi connectivity index (χ0) is 49.7. The number of anilines is 1. The number of carbonyl (C=O) groups is 2. The maximum Gasteiger partial charge on any atom is 0.319 e. The van der Waals surface area contributed by atoms with Gasteiger partial charge in [0.05, 0.1) is 53.9 Å². The average molecular weight is 990 g/mol. The van der Waals surface area contributed by atoms with Crippen LogP contribution in [0, 0.1) is 17.0 Å². The maximum atomic E-state index is 17.2. The molecule has 1 saturated carbocycles. The smallest absolute Gasteiger partial charge is 0.319 e. The van der Waals surface area contributed by atoms with Crippen LogP contribution in [0.5, 0.6) is 11.8 Å². The zero-order valence-corrected chi connectivity index (χ0v) is 40.7. The quantitative estimate of drug-likeness (QED) is 0.0950. The third kappa shape index (κ3) is 8.40. The number of piperidine rings is 4. The van der Waals surface area contributed by atoms with E-state index in [1.54, 1.807) is 10.7 Å². The molecule has 1 spiro atoms. The van der Waals surface area contributed by atoms with Crippen molar-refractivity contribution in [1.82, 2.24) is 39.8 Å². The van der Waals surface area contributed by atoms with Crippen molar-refractivity contribution in [1.29, 1.82) is 0 Å². The number of hydrogen-bond acceptors (Lipinski definition) is 12. The Balaban J connectivity index is 0.736. The van der Waals surface area contributed by atoms with Crippen LogP contribution in [-0.2, 0) is 27.8 Å². The zero-order valence-electron chi connectivity index (χ0n) is 40.7. The minimum atomic E-state index is -2.93. The summed E-state index contributed by atoms with van der Waals surface area (Å²) in [5.41, 5.74) is 2.52. The fraction of sp³-hybridized carbons (Fsp3) is 0.519. The van der Waals surface area contributed by atoms with Gasteiger partial charge in [0.1, 0.15) is 28.6 Å². The number of ether oxygens (including phenoxy) is 2. The second kappa shape index (κ2) is 17.9. The Kier molecular flexibility index (Phi) is 11.7. The van der Waals surface area contributed by atoms with Crippen LogP contribution in [-0.4, -0.2) is 128 Å². The van der Waals surface area contributed by atoms with E-state index in [-0.39, 0.29) is 71.4 Å². The number of phenols is 1. The molecule has 2 amide bonds. The van der Waals surface area contributed by atoms with Crippen LogP contribution in [0.3, 0.4) is 0 Å². The largest absolute Gasteiger partial charge is 0.508 e. The molecule has 6 aromatic rings. The van der Waals surface area contributed by atoms with Gasteiger partial charge in [-0.3, -0.25) is 34.4 Å². The van der Waals surface area contributed by atoms with Crippen LogP contribution in [0.15, 0.2) is 48.7 Å². The van der Waals surface area contributed by atoms with Crippen molar-refractivity contribution < 1.29 is 41.7 Å². The van der Waals surface area contributed by atoms with E-state index < -0.39 is 34.9 Å². The number of halogens is 4. The molecular formula is C54H59F4N9O5. The van der Waals surface area contributed by atoms with Crippen LogP contribution in [0.1, 0.15) is 99.8 Å². The molecular weight excluding hydrogens is 931 g/mol. The number of nitrogens with zero attached hydrogens (tertiary/aromatic N) is 8. The number of likely N-dealkylation sites (tertiary alicyclic amines) is 2. The fourth-order valence-corrected chi connectivity index (χ4v) is 12.7. The van der Waals surface area contributed by atoms with Gasteiger partial charge in [-0.2, -0.15) is 15.1 Å². The van der Waals surface area contributed by atoms with E-state index in [1.165, 1.54) is 24.4 Å². The van der Waals surface area contributed by atoms with E-state index >= 15 is 17.6 Å². The Labute approximate surface area is 414 Å². The molecule has 0 bridgehead atoms. The molecule has 2 N–H and O–H groups in total. The third-order valence-electron chi connectivity index (χ3n) is 16.8. The Morgan fingerprint density at radius 1 is 0.931 bits per heavy atom. The van der Waals surface area contributed by atoms with E-state index in [4.69, 9.17) is 14.5 Å². The van der Waals surface area contributed by atoms with Gasteiger partial charge < -0.3 is 19.5 Å². The minimum Gasteiger partial charge on any atom is -0.508 e. The van der Waals surface area contributed by atoms with Crippen molar-refractivity contribution in [3.8, 4) is 23.0 Å². The number of fused-ring (bicyclic) bond motifs is 3. The topological polar surface area (TPSA) is 151 Å². The van der Waals surface area contributed by atoms with Gasteiger partial charge in [0, 0.05) is 68.6 Å². The number of aryl methyl sites for hydroxylation is 2. The summed E-state index contributed by atoms with van der Waals surface area (Å²) < 4.78 is 79.4. The summed E-state index contributed by atoms with van der Waals surface area (Å²) in [6, 6.07) is 11.1. The van der Waals surface area contributed by atoms with E-state index in [0.29, 0.717) is 98.4 Å². The first-order valence-electron chi connectivity index (χ1n) is 25.7. The maximum absolute atomic E-state index is 17.2. The van der Waals surface area contributed by atoms with Crippen molar-refractivity contribution in [2.24, 2.45) is 12.5 Å². The number of nitrogens with one attached hydrogen (secondary N) is 1. The lowest BCUT2D eigenvalue weighted by Gasteiger charge is -2.48. The molecule has 18 heteroatoms. The van der Waals surface area contributed by atoms with E-state index in [0.717, 1.165) is 61.4 Å². The molecule has 3 aromatic carbocycles. The van der Waals surface area contributed by atoms with Crippen molar-refractivity contribution in [3.05, 3.63) is 77.1 Å². The highest BCUT2D eigenvalue weighted by molar-refractivity contribution is 6.03. The van der Waals surface area contributed by atoms with Crippen LogP contribution >= 0.6 is 0 Å². The molecule has 6 aliphatic rings. The van der Waals surface area contributed by atoms with Gasteiger partial charge >= 0.3 is 6.01 Å². The van der Waals surface area contributed by atoms with Crippen LogP contribution in [0.25, 0.3) is 43.8 Å². The van der Waals surface area contributed by atoms with Crippen LogP contribution in [0.2, 0.25) is 0 Å². The Bertz CT molecular complexity index is 3150. The predicted molar refractivity (Wildman–Crippen MR) is 262 cm³/mol. The van der Waals surface area contributed by atoms with E-state index in [1.807, 2.05) is 29.8 Å². The van der Waals surface area contributed by atoms with Gasteiger partial charge in [0.15, 0.2) is 5.82 Å². The molecule has 6 fully saturated rings. The molecule has 378 valence electrons. The molecule has 1 aliphatic carbocycles. The molecule has 5 aliphatic heterocycles. The Morgan fingerprint density at radius 2 is 1.75 bits per heavy atom. The molecule has 0 radical (unpaired) electrons. The standard InChI is InChI=1S/C54H59F4N9O5/c1-3-35-40(55)9-6-33-23-34(68)25-38(44(33)35)47-45(56)48-39(26-59-47)49(67-18-4-14-53(28-67)17-22-72-53)62-51(61-48)71-30-52(15-16-52)27-65-19-13-42(54(57,58)29-65)66-20-11-31(12-21-66)32-5-7-36-41(24-32)64(2)63-46(36)37-8-10-43(69)60-50(37)70/h5-7,9,23-26,31,37,42,68H,3-4,8,10-22,27-30H2,1-2H3,(H,60,69,70). The molecule has 3 atom stereocenters. The lowest BCUT2D eigenvalue weighted by molar-refractivity contribution is -0.151. The molecule has 3 unspecified atom stereocenters. The van der Waals surface area contributed by atoms with Crippen molar-refractivity contribution in [2.75, 3.05) is 63.9 Å². The number of rotatable bonds is 11. The summed E-state index contributed by atoms with van der Waals surface area (Å²) >= 11 is 0. The number of aromatic hydroxyl groups is 1. The summed E-state index contributed by atoms with van der Waals surface area (Å²) in [6.45, 7) is 5.61. The molecule has 12 rings (SSSR count). The predicted octanol–water partition coefficient (Wildman–Crippen LogP) is 8.31. The number of imide groups is 1. The van der Waals surface area contributed by atoms with Crippen molar-refractivity contribution in [3.63, 3.8) is 0 Å². The SMILES string of the molecule is CCc1c(F)ccc2cc(O)cc(-c3ncc4c(N5CCCC6(CCO6)C5)nc(OCC5(CN6CCC(N7CCC(c8ccc9c(C%10CCC(=O)NC%10=O)nn(C)c9c8)CC7)C(F)(F)C6)CC5)nc4c3F)c12. The van der Waals surface area contributed by atoms with Gasteiger partial charge in [-0.05, 0) is 123 Å². The monoisotopic (exact) mass is 989 g/mol. The Morgan fingerprint density at radius 3 is 2.49 bits per heavy atom. The van der Waals surface area contributed by atoms with Crippen molar-refractivity contribution >= 4 is 50.2 Å². The lowest BCUT2D eigenvalue weighted by atomic mass is 9.86. The first-order valence-corrected chi connectivity index (χ1v) is 25.7. The number of benzene rings is 3.